The van der Waals surface area contributed by atoms with Gasteiger partial charge in [0.2, 0.25) is 5.91 Å². The van der Waals surface area contributed by atoms with Gasteiger partial charge in [-0.25, -0.2) is 4.98 Å². The molecule has 0 saturated heterocycles. The van der Waals surface area contributed by atoms with Crippen molar-refractivity contribution in [1.82, 2.24) is 9.55 Å². The number of nitrogens with zero attached hydrogens (tertiary/aromatic N) is 2. The number of hydrogen-bond acceptors (Lipinski definition) is 2. The van der Waals surface area contributed by atoms with Crippen molar-refractivity contribution in [2.24, 2.45) is 0 Å². The van der Waals surface area contributed by atoms with E-state index in [0.717, 1.165) is 33.3 Å². The summed E-state index contributed by atoms with van der Waals surface area (Å²) >= 11 is 0. The van der Waals surface area contributed by atoms with E-state index in [4.69, 9.17) is 0 Å². The molecule has 0 atom stereocenters. The van der Waals surface area contributed by atoms with E-state index < -0.39 is 0 Å². The third-order valence-corrected chi connectivity index (χ3v) is 4.21. The minimum Gasteiger partial charge on any atom is -0.324 e. The standard InChI is InChI=1S/C20H17N3O/c1-14-21-18-10-4-5-12-19(18)23(14)13-20(24)22-17-11-6-8-15-7-2-3-9-16(15)17/h2-12H,13H2,1H3,(H,22,24). The third-order valence-electron chi connectivity index (χ3n) is 4.21. The number of benzene rings is 3. The predicted molar refractivity (Wildman–Crippen MR) is 97.0 cm³/mol. The van der Waals surface area contributed by atoms with E-state index in [1.807, 2.05) is 78.2 Å². The molecule has 1 N–H and O–H groups in total. The highest BCUT2D eigenvalue weighted by molar-refractivity contribution is 6.02. The van der Waals surface area contributed by atoms with Crippen molar-refractivity contribution in [1.29, 1.82) is 0 Å². The molecule has 4 rings (SSSR count). The lowest BCUT2D eigenvalue weighted by molar-refractivity contribution is -0.116. The van der Waals surface area contributed by atoms with Crippen LogP contribution >= 0.6 is 0 Å². The molecule has 4 heteroatoms. The minimum absolute atomic E-state index is 0.0578. The van der Waals surface area contributed by atoms with E-state index in [0.29, 0.717) is 0 Å². The van der Waals surface area contributed by atoms with E-state index in [1.54, 1.807) is 0 Å². The predicted octanol–water partition coefficient (Wildman–Crippen LogP) is 4.14. The van der Waals surface area contributed by atoms with Crippen LogP contribution in [0.25, 0.3) is 21.8 Å². The van der Waals surface area contributed by atoms with Crippen LogP contribution in [0.2, 0.25) is 0 Å². The number of carbonyl (C=O) groups excluding carboxylic acids is 1. The molecule has 0 fully saturated rings. The molecule has 118 valence electrons. The van der Waals surface area contributed by atoms with Gasteiger partial charge in [0, 0.05) is 11.1 Å². The molecule has 0 unspecified atom stereocenters. The first-order valence-electron chi connectivity index (χ1n) is 7.92. The molecule has 1 heterocycles. The van der Waals surface area contributed by atoms with Crippen LogP contribution in [-0.4, -0.2) is 15.5 Å². The molecule has 24 heavy (non-hydrogen) atoms. The van der Waals surface area contributed by atoms with Gasteiger partial charge in [-0.3, -0.25) is 4.79 Å². The van der Waals surface area contributed by atoms with Crippen molar-refractivity contribution in [3.05, 3.63) is 72.6 Å². The highest BCUT2D eigenvalue weighted by Gasteiger charge is 2.11. The molecule has 0 saturated carbocycles. The van der Waals surface area contributed by atoms with Crippen LogP contribution in [0.5, 0.6) is 0 Å². The second-order valence-corrected chi connectivity index (χ2v) is 5.81. The summed E-state index contributed by atoms with van der Waals surface area (Å²) in [5.74, 6) is 0.780. The van der Waals surface area contributed by atoms with E-state index in [2.05, 4.69) is 10.3 Å². The largest absolute Gasteiger partial charge is 0.324 e. The van der Waals surface area contributed by atoms with Gasteiger partial charge < -0.3 is 9.88 Å². The number of imidazole rings is 1. The summed E-state index contributed by atoms with van der Waals surface area (Å²) in [5.41, 5.74) is 2.72. The maximum atomic E-state index is 12.6. The molecule has 0 aliphatic rings. The van der Waals surface area contributed by atoms with Gasteiger partial charge in [0.25, 0.3) is 0 Å². The monoisotopic (exact) mass is 315 g/mol. The zero-order valence-electron chi connectivity index (χ0n) is 13.4. The summed E-state index contributed by atoms with van der Waals surface area (Å²) in [6.45, 7) is 2.17. The summed E-state index contributed by atoms with van der Waals surface area (Å²) < 4.78 is 1.94. The molecule has 0 spiro atoms. The Kier molecular flexibility index (Phi) is 3.50. The first-order chi connectivity index (χ1) is 11.7. The van der Waals surface area contributed by atoms with Gasteiger partial charge >= 0.3 is 0 Å². The van der Waals surface area contributed by atoms with Gasteiger partial charge in [-0.2, -0.15) is 0 Å². The van der Waals surface area contributed by atoms with Crippen molar-refractivity contribution in [2.45, 2.75) is 13.5 Å². The van der Waals surface area contributed by atoms with Crippen LogP contribution in [0.15, 0.2) is 66.7 Å². The van der Waals surface area contributed by atoms with Crippen LogP contribution in [0.4, 0.5) is 5.69 Å². The number of anilines is 1. The maximum Gasteiger partial charge on any atom is 0.244 e. The lowest BCUT2D eigenvalue weighted by atomic mass is 10.1. The fourth-order valence-electron chi connectivity index (χ4n) is 3.06. The van der Waals surface area contributed by atoms with E-state index in [9.17, 15) is 4.79 Å². The number of amides is 1. The summed E-state index contributed by atoms with van der Waals surface area (Å²) in [6.07, 6.45) is 0. The number of para-hydroxylation sites is 2. The maximum absolute atomic E-state index is 12.6. The van der Waals surface area contributed by atoms with Crippen molar-refractivity contribution in [3.63, 3.8) is 0 Å². The van der Waals surface area contributed by atoms with E-state index in [1.165, 1.54) is 0 Å². The van der Waals surface area contributed by atoms with Gasteiger partial charge in [0.1, 0.15) is 12.4 Å². The summed E-state index contributed by atoms with van der Waals surface area (Å²) in [4.78, 5) is 17.1. The zero-order valence-corrected chi connectivity index (χ0v) is 13.4. The number of fused-ring (bicyclic) bond motifs is 2. The van der Waals surface area contributed by atoms with Gasteiger partial charge in [-0.1, -0.05) is 48.5 Å². The Balaban J connectivity index is 1.63. The molecule has 1 amide bonds. The number of aryl methyl sites for hydroxylation is 1. The Labute approximate surface area is 139 Å². The molecule has 0 bridgehead atoms. The molecule has 3 aromatic carbocycles. The summed E-state index contributed by atoms with van der Waals surface area (Å²) in [6, 6.07) is 21.8. The van der Waals surface area contributed by atoms with Gasteiger partial charge in [0.05, 0.1) is 11.0 Å². The normalized spacial score (nSPS) is 11.0. The number of hydrogen-bond donors (Lipinski definition) is 1. The van der Waals surface area contributed by atoms with Crippen molar-refractivity contribution >= 4 is 33.4 Å². The van der Waals surface area contributed by atoms with Crippen molar-refractivity contribution < 1.29 is 4.79 Å². The number of nitrogens with one attached hydrogen (secondary N) is 1. The van der Waals surface area contributed by atoms with Crippen LogP contribution < -0.4 is 5.32 Å². The fourth-order valence-corrected chi connectivity index (χ4v) is 3.06. The first kappa shape index (κ1) is 14.5. The third kappa shape index (κ3) is 2.52. The van der Waals surface area contributed by atoms with Gasteiger partial charge in [-0.15, -0.1) is 0 Å². The van der Waals surface area contributed by atoms with Gasteiger partial charge in [-0.05, 0) is 30.5 Å². The van der Waals surface area contributed by atoms with Crippen LogP contribution in [-0.2, 0) is 11.3 Å². The van der Waals surface area contributed by atoms with Crippen LogP contribution in [0.1, 0.15) is 5.82 Å². The zero-order chi connectivity index (χ0) is 16.5. The molecule has 4 aromatic rings. The van der Waals surface area contributed by atoms with Crippen LogP contribution in [0, 0.1) is 6.92 Å². The topological polar surface area (TPSA) is 46.9 Å². The Morgan fingerprint density at radius 3 is 2.67 bits per heavy atom. The molecule has 4 nitrogen and oxygen atoms in total. The molecule has 1 aromatic heterocycles. The van der Waals surface area contributed by atoms with Crippen LogP contribution in [0.3, 0.4) is 0 Å². The summed E-state index contributed by atoms with van der Waals surface area (Å²) in [5, 5.41) is 5.18. The Morgan fingerprint density at radius 2 is 1.75 bits per heavy atom. The average molecular weight is 315 g/mol. The van der Waals surface area contributed by atoms with Crippen molar-refractivity contribution in [2.75, 3.05) is 5.32 Å². The molecular formula is C20H17N3O. The minimum atomic E-state index is -0.0578. The molecule has 0 radical (unpaired) electrons. The SMILES string of the molecule is Cc1nc2ccccc2n1CC(=O)Nc1cccc2ccccc12. The molecule has 0 aliphatic carbocycles. The number of rotatable bonds is 3. The highest BCUT2D eigenvalue weighted by Crippen LogP contribution is 2.23. The number of carbonyl (C=O) groups is 1. The van der Waals surface area contributed by atoms with Gasteiger partial charge in [0.15, 0.2) is 0 Å². The smallest absolute Gasteiger partial charge is 0.244 e. The average Bonchev–Trinajstić information content (AvgIpc) is 2.91. The molecular weight excluding hydrogens is 298 g/mol. The van der Waals surface area contributed by atoms with E-state index >= 15 is 0 Å². The Hall–Kier alpha value is -3.14. The fraction of sp³-hybridized carbons (Fsp3) is 0.100. The lowest BCUT2D eigenvalue weighted by Crippen LogP contribution is -2.19. The first-order valence-corrected chi connectivity index (χ1v) is 7.92. The lowest BCUT2D eigenvalue weighted by Gasteiger charge is -2.10. The second kappa shape index (κ2) is 5.81. The molecule has 0 aliphatic heterocycles. The van der Waals surface area contributed by atoms with Crippen molar-refractivity contribution in [3.8, 4) is 0 Å². The number of aromatic nitrogens is 2. The Morgan fingerprint density at radius 1 is 1.00 bits per heavy atom. The second-order valence-electron chi connectivity index (χ2n) is 5.81. The highest BCUT2D eigenvalue weighted by atomic mass is 16.1. The van der Waals surface area contributed by atoms with E-state index in [-0.39, 0.29) is 12.5 Å². The Bertz CT molecular complexity index is 1040. The quantitative estimate of drug-likeness (QED) is 0.618. The summed E-state index contributed by atoms with van der Waals surface area (Å²) in [7, 11) is 0.